The van der Waals surface area contributed by atoms with Crippen LogP contribution < -0.4 is 5.32 Å². The van der Waals surface area contributed by atoms with Gasteiger partial charge in [-0.15, -0.1) is 0 Å². The first-order valence-electron chi connectivity index (χ1n) is 9.16. The highest BCUT2D eigenvalue weighted by molar-refractivity contribution is 7.91. The van der Waals surface area contributed by atoms with Crippen molar-refractivity contribution in [3.05, 3.63) is 36.0 Å². The fourth-order valence-electron chi connectivity index (χ4n) is 3.65. The van der Waals surface area contributed by atoms with Crippen LogP contribution in [0.1, 0.15) is 36.5 Å². The highest BCUT2D eigenvalue weighted by atomic mass is 32.2. The number of nitriles is 1. The zero-order valence-corrected chi connectivity index (χ0v) is 16.1. The summed E-state index contributed by atoms with van der Waals surface area (Å²) in [6.07, 6.45) is 3.26. The normalized spacial score (nSPS) is 22.4. The maximum Gasteiger partial charge on any atom is 0.252 e. The molecule has 2 aliphatic rings. The highest BCUT2D eigenvalue weighted by Crippen LogP contribution is 2.32. The maximum absolute atomic E-state index is 12.7. The second-order valence-corrected chi connectivity index (χ2v) is 9.45. The van der Waals surface area contributed by atoms with Crippen LogP contribution in [0.5, 0.6) is 0 Å². The molecule has 2 aromatic rings. The van der Waals surface area contributed by atoms with Crippen LogP contribution in [0.25, 0.3) is 10.9 Å². The van der Waals surface area contributed by atoms with Gasteiger partial charge in [-0.3, -0.25) is 9.59 Å². The standard InChI is InChI=1S/C19H20N4O4S/c1-12-10-16(19(25)22(12)9-7-20)21-18(24)14-3-2-13-6-8-23(17(13)11-14)28(26,27)15-4-5-15/h2-3,6,8,11-12,15-16H,4-5,9-10H2,1H3,(H,21,24). The van der Waals surface area contributed by atoms with Crippen LogP contribution >= 0.6 is 0 Å². The molecule has 2 unspecified atom stereocenters. The van der Waals surface area contributed by atoms with E-state index in [0.717, 1.165) is 5.39 Å². The Morgan fingerprint density at radius 3 is 2.75 bits per heavy atom. The first-order valence-corrected chi connectivity index (χ1v) is 10.7. The van der Waals surface area contributed by atoms with Gasteiger partial charge in [-0.1, -0.05) is 6.07 Å². The molecule has 1 aromatic heterocycles. The van der Waals surface area contributed by atoms with Crippen LogP contribution in [0, 0.1) is 11.3 Å². The lowest BCUT2D eigenvalue weighted by molar-refractivity contribution is -0.129. The average Bonchev–Trinajstić information content (AvgIpc) is 3.39. The number of carbonyl (C=O) groups excluding carboxylic acids is 2. The predicted molar refractivity (Wildman–Crippen MR) is 102 cm³/mol. The maximum atomic E-state index is 12.7. The largest absolute Gasteiger partial charge is 0.340 e. The molecule has 0 radical (unpaired) electrons. The van der Waals surface area contributed by atoms with Crippen LogP contribution in [-0.4, -0.2) is 53.0 Å². The van der Waals surface area contributed by atoms with Crippen molar-refractivity contribution >= 4 is 32.7 Å². The molecule has 0 spiro atoms. The van der Waals surface area contributed by atoms with E-state index in [9.17, 15) is 18.0 Å². The van der Waals surface area contributed by atoms with Crippen LogP contribution in [-0.2, 0) is 14.8 Å². The van der Waals surface area contributed by atoms with Gasteiger partial charge in [0.25, 0.3) is 5.91 Å². The van der Waals surface area contributed by atoms with E-state index >= 15 is 0 Å². The summed E-state index contributed by atoms with van der Waals surface area (Å²) in [6.45, 7) is 1.83. The van der Waals surface area contributed by atoms with Gasteiger partial charge in [0.2, 0.25) is 15.9 Å². The van der Waals surface area contributed by atoms with Gasteiger partial charge in [0.1, 0.15) is 12.6 Å². The molecular weight excluding hydrogens is 380 g/mol. The molecule has 1 saturated carbocycles. The molecule has 1 aliphatic heterocycles. The number of hydrogen-bond acceptors (Lipinski definition) is 5. The van der Waals surface area contributed by atoms with Gasteiger partial charge in [-0.25, -0.2) is 12.4 Å². The van der Waals surface area contributed by atoms with E-state index in [-0.39, 0.29) is 29.3 Å². The number of aromatic nitrogens is 1. The van der Waals surface area contributed by atoms with Gasteiger partial charge in [0.05, 0.1) is 16.8 Å². The molecule has 9 heteroatoms. The van der Waals surface area contributed by atoms with E-state index in [1.54, 1.807) is 24.3 Å². The number of rotatable bonds is 5. The SMILES string of the molecule is CC1CC(NC(=O)c2ccc3ccn(S(=O)(=O)C4CC4)c3c2)C(=O)N1CC#N. The average molecular weight is 400 g/mol. The van der Waals surface area contributed by atoms with E-state index in [1.807, 2.05) is 13.0 Å². The fraction of sp³-hybridized carbons (Fsp3) is 0.421. The van der Waals surface area contributed by atoms with E-state index in [0.29, 0.717) is 24.8 Å². The summed E-state index contributed by atoms with van der Waals surface area (Å²) in [7, 11) is -3.45. The summed E-state index contributed by atoms with van der Waals surface area (Å²) in [6, 6.07) is 7.71. The fourth-order valence-corrected chi connectivity index (χ4v) is 5.37. The summed E-state index contributed by atoms with van der Waals surface area (Å²) in [4.78, 5) is 26.5. The second-order valence-electron chi connectivity index (χ2n) is 7.36. The van der Waals surface area contributed by atoms with E-state index < -0.39 is 22.0 Å². The van der Waals surface area contributed by atoms with Gasteiger partial charge in [-0.2, -0.15) is 5.26 Å². The third kappa shape index (κ3) is 3.03. The number of hydrogen-bond donors (Lipinski definition) is 1. The Bertz CT molecular complexity index is 1110. The number of carbonyl (C=O) groups is 2. The monoisotopic (exact) mass is 400 g/mol. The van der Waals surface area contributed by atoms with E-state index in [1.165, 1.54) is 15.1 Å². The molecule has 146 valence electrons. The molecule has 2 amide bonds. The quantitative estimate of drug-likeness (QED) is 0.759. The zero-order valence-electron chi connectivity index (χ0n) is 15.3. The Labute approximate surface area is 162 Å². The van der Waals surface area contributed by atoms with Crippen molar-refractivity contribution in [2.24, 2.45) is 0 Å². The molecule has 1 aromatic carbocycles. The van der Waals surface area contributed by atoms with Crippen LogP contribution in [0.15, 0.2) is 30.5 Å². The summed E-state index contributed by atoms with van der Waals surface area (Å²) < 4.78 is 26.4. The Kier molecular flexibility index (Phi) is 4.38. The smallest absolute Gasteiger partial charge is 0.252 e. The van der Waals surface area contributed by atoms with Crippen molar-refractivity contribution in [3.63, 3.8) is 0 Å². The van der Waals surface area contributed by atoms with Crippen molar-refractivity contribution in [2.45, 2.75) is 43.5 Å². The van der Waals surface area contributed by atoms with Gasteiger partial charge in [-0.05, 0) is 44.4 Å². The predicted octanol–water partition coefficient (Wildman–Crippen LogP) is 1.22. The van der Waals surface area contributed by atoms with Gasteiger partial charge >= 0.3 is 0 Å². The van der Waals surface area contributed by atoms with Crippen molar-refractivity contribution < 1.29 is 18.0 Å². The highest BCUT2D eigenvalue weighted by Gasteiger charge is 2.39. The molecule has 8 nitrogen and oxygen atoms in total. The first kappa shape index (κ1) is 18.5. The number of amides is 2. The lowest BCUT2D eigenvalue weighted by Gasteiger charge is -2.17. The number of nitrogens with one attached hydrogen (secondary N) is 1. The Morgan fingerprint density at radius 1 is 1.32 bits per heavy atom. The van der Waals surface area contributed by atoms with Crippen molar-refractivity contribution in [1.82, 2.24) is 14.2 Å². The minimum Gasteiger partial charge on any atom is -0.340 e. The Morgan fingerprint density at radius 2 is 2.07 bits per heavy atom. The lowest BCUT2D eigenvalue weighted by Crippen LogP contribution is -2.41. The summed E-state index contributed by atoms with van der Waals surface area (Å²) in [5.41, 5.74) is 0.745. The Balaban J connectivity index is 1.59. The van der Waals surface area contributed by atoms with Crippen molar-refractivity contribution in [2.75, 3.05) is 6.54 Å². The lowest BCUT2D eigenvalue weighted by atomic mass is 10.1. The first-order chi connectivity index (χ1) is 13.3. The molecule has 2 atom stereocenters. The molecule has 4 rings (SSSR count). The van der Waals surface area contributed by atoms with Crippen LogP contribution in [0.2, 0.25) is 0 Å². The molecule has 0 bridgehead atoms. The van der Waals surface area contributed by atoms with Gasteiger partial charge < -0.3 is 10.2 Å². The third-order valence-electron chi connectivity index (χ3n) is 5.38. The summed E-state index contributed by atoms with van der Waals surface area (Å²) in [5.74, 6) is -0.717. The van der Waals surface area contributed by atoms with Crippen molar-refractivity contribution in [1.29, 1.82) is 5.26 Å². The number of nitrogens with zero attached hydrogens (tertiary/aromatic N) is 3. The molecule has 1 N–H and O–H groups in total. The molecule has 2 fully saturated rings. The zero-order chi connectivity index (χ0) is 20.1. The third-order valence-corrected chi connectivity index (χ3v) is 7.56. The molecule has 28 heavy (non-hydrogen) atoms. The van der Waals surface area contributed by atoms with E-state index in [2.05, 4.69) is 5.32 Å². The Hall–Kier alpha value is -2.86. The number of fused-ring (bicyclic) bond motifs is 1. The van der Waals surface area contributed by atoms with Gasteiger partial charge in [0.15, 0.2) is 0 Å². The minimum atomic E-state index is -3.45. The summed E-state index contributed by atoms with van der Waals surface area (Å²) in [5, 5.41) is 11.9. The molecule has 2 heterocycles. The number of likely N-dealkylation sites (tertiary alicyclic amines) is 1. The topological polar surface area (TPSA) is 112 Å². The second kappa shape index (κ2) is 6.63. The van der Waals surface area contributed by atoms with Crippen LogP contribution in [0.3, 0.4) is 0 Å². The molecule has 1 saturated heterocycles. The van der Waals surface area contributed by atoms with Crippen LogP contribution in [0.4, 0.5) is 0 Å². The molecular formula is C19H20N4O4S. The van der Waals surface area contributed by atoms with Crippen molar-refractivity contribution in [3.8, 4) is 6.07 Å². The van der Waals surface area contributed by atoms with E-state index in [4.69, 9.17) is 5.26 Å². The minimum absolute atomic E-state index is 0.00906. The molecule has 1 aliphatic carbocycles. The number of benzene rings is 1. The van der Waals surface area contributed by atoms with Gasteiger partial charge in [0, 0.05) is 23.2 Å². The summed E-state index contributed by atoms with van der Waals surface area (Å²) >= 11 is 0.